The van der Waals surface area contributed by atoms with Gasteiger partial charge in [-0.05, 0) is 32.1 Å². The van der Waals surface area contributed by atoms with Gasteiger partial charge in [-0.3, -0.25) is 0 Å². The van der Waals surface area contributed by atoms with Gasteiger partial charge in [0.1, 0.15) is 10.7 Å². The third kappa shape index (κ3) is 4.74. The van der Waals surface area contributed by atoms with Crippen LogP contribution in [0.15, 0.2) is 29.2 Å². The quantitative estimate of drug-likeness (QED) is 0.787. The molecule has 1 aliphatic rings. The molecule has 0 aromatic heterocycles. The van der Waals surface area contributed by atoms with E-state index in [-0.39, 0.29) is 4.90 Å². The molecule has 1 aromatic carbocycles. The molecule has 0 spiro atoms. The van der Waals surface area contributed by atoms with E-state index in [0.29, 0.717) is 6.54 Å². The molecule has 0 saturated carbocycles. The summed E-state index contributed by atoms with van der Waals surface area (Å²) >= 11 is 0. The lowest BCUT2D eigenvalue weighted by molar-refractivity contribution is 0.153. The first-order chi connectivity index (χ1) is 9.99. The van der Waals surface area contributed by atoms with E-state index in [0.717, 1.165) is 45.2 Å². The van der Waals surface area contributed by atoms with Gasteiger partial charge in [0.25, 0.3) is 0 Å². The third-order valence-corrected chi connectivity index (χ3v) is 5.16. The van der Waals surface area contributed by atoms with E-state index in [1.165, 1.54) is 18.2 Å². The molecule has 21 heavy (non-hydrogen) atoms. The van der Waals surface area contributed by atoms with Crippen molar-refractivity contribution in [2.24, 2.45) is 0 Å². The summed E-state index contributed by atoms with van der Waals surface area (Å²) < 4.78 is 39.9. The zero-order valence-corrected chi connectivity index (χ0v) is 13.1. The molecule has 0 unspecified atom stereocenters. The van der Waals surface area contributed by atoms with Crippen molar-refractivity contribution >= 4 is 10.0 Å². The molecule has 2 rings (SSSR count). The number of halogens is 1. The smallest absolute Gasteiger partial charge is 0.243 e. The van der Waals surface area contributed by atoms with Crippen LogP contribution in [0.5, 0.6) is 0 Å². The first-order valence-corrected chi connectivity index (χ1v) is 8.62. The van der Waals surface area contributed by atoms with Crippen molar-refractivity contribution in [1.82, 2.24) is 14.5 Å². The van der Waals surface area contributed by atoms with Gasteiger partial charge in [-0.15, -0.1) is 0 Å². The molecule has 7 heteroatoms. The van der Waals surface area contributed by atoms with Crippen LogP contribution in [0.4, 0.5) is 4.39 Å². The minimum absolute atomic E-state index is 0.287. The lowest BCUT2D eigenvalue weighted by Crippen LogP contribution is -2.45. The first kappa shape index (κ1) is 16.4. The Morgan fingerprint density at radius 3 is 2.52 bits per heavy atom. The van der Waals surface area contributed by atoms with Crippen LogP contribution in [-0.2, 0) is 10.0 Å². The molecular weight excluding hydrogens is 293 g/mol. The van der Waals surface area contributed by atoms with Crippen LogP contribution in [0.2, 0.25) is 0 Å². The lowest BCUT2D eigenvalue weighted by atomic mass is 10.3. The molecule has 0 radical (unpaired) electrons. The highest BCUT2D eigenvalue weighted by molar-refractivity contribution is 7.89. The summed E-state index contributed by atoms with van der Waals surface area (Å²) in [5, 5.41) is 0. The van der Waals surface area contributed by atoms with Gasteiger partial charge in [0.15, 0.2) is 0 Å². The second kappa shape index (κ2) is 7.31. The Balaban J connectivity index is 1.77. The minimum Gasteiger partial charge on any atom is -0.304 e. The van der Waals surface area contributed by atoms with Crippen LogP contribution < -0.4 is 4.72 Å². The van der Waals surface area contributed by atoms with Gasteiger partial charge in [-0.1, -0.05) is 12.1 Å². The van der Waals surface area contributed by atoms with Crippen LogP contribution in [0.25, 0.3) is 0 Å². The summed E-state index contributed by atoms with van der Waals surface area (Å²) in [7, 11) is -1.66. The maximum Gasteiger partial charge on any atom is 0.243 e. The molecule has 0 amide bonds. The lowest BCUT2D eigenvalue weighted by Gasteiger charge is -2.32. The molecule has 1 fully saturated rings. The number of nitrogens with zero attached hydrogens (tertiary/aromatic N) is 2. The predicted molar refractivity (Wildman–Crippen MR) is 80.1 cm³/mol. The highest BCUT2D eigenvalue weighted by atomic mass is 32.2. The number of benzene rings is 1. The zero-order valence-electron chi connectivity index (χ0n) is 12.3. The summed E-state index contributed by atoms with van der Waals surface area (Å²) in [4.78, 5) is 4.30. The Morgan fingerprint density at radius 2 is 1.86 bits per heavy atom. The number of hydrogen-bond acceptors (Lipinski definition) is 4. The summed E-state index contributed by atoms with van der Waals surface area (Å²) in [5.41, 5.74) is 0. The van der Waals surface area contributed by atoms with Crippen LogP contribution in [0, 0.1) is 5.82 Å². The normalized spacial score (nSPS) is 18.0. The van der Waals surface area contributed by atoms with E-state index in [9.17, 15) is 12.8 Å². The van der Waals surface area contributed by atoms with E-state index in [4.69, 9.17) is 0 Å². The highest BCUT2D eigenvalue weighted by Crippen LogP contribution is 2.12. The van der Waals surface area contributed by atoms with Gasteiger partial charge in [0.2, 0.25) is 10.0 Å². The topological polar surface area (TPSA) is 52.6 Å². The number of hydrogen-bond donors (Lipinski definition) is 1. The van der Waals surface area contributed by atoms with E-state index >= 15 is 0 Å². The van der Waals surface area contributed by atoms with Crippen LogP contribution in [-0.4, -0.2) is 64.5 Å². The molecular formula is C14H22FN3O2S. The van der Waals surface area contributed by atoms with Gasteiger partial charge in [-0.2, -0.15) is 0 Å². The predicted octanol–water partition coefficient (Wildman–Crippen LogP) is 0.742. The molecule has 1 N–H and O–H groups in total. The fourth-order valence-electron chi connectivity index (χ4n) is 2.32. The number of sulfonamides is 1. The average Bonchev–Trinajstić information content (AvgIpc) is 2.46. The van der Waals surface area contributed by atoms with Gasteiger partial charge in [0.05, 0.1) is 0 Å². The van der Waals surface area contributed by atoms with Crippen molar-refractivity contribution in [2.45, 2.75) is 11.3 Å². The van der Waals surface area contributed by atoms with Crippen LogP contribution >= 0.6 is 0 Å². The second-order valence-corrected chi connectivity index (χ2v) is 7.06. The summed E-state index contributed by atoms with van der Waals surface area (Å²) in [6.07, 6.45) is 0.720. The highest BCUT2D eigenvalue weighted by Gasteiger charge is 2.18. The second-order valence-electron chi connectivity index (χ2n) is 5.33. The van der Waals surface area contributed by atoms with E-state index in [1.54, 1.807) is 0 Å². The fourth-order valence-corrected chi connectivity index (χ4v) is 3.47. The Hall–Kier alpha value is -1.02. The van der Waals surface area contributed by atoms with Crippen LogP contribution in [0.3, 0.4) is 0 Å². The molecule has 1 aliphatic heterocycles. The minimum atomic E-state index is -3.75. The molecule has 0 bridgehead atoms. The molecule has 1 heterocycles. The molecule has 1 aromatic rings. The molecule has 118 valence electrons. The van der Waals surface area contributed by atoms with Gasteiger partial charge < -0.3 is 9.80 Å². The standard InChI is InChI=1S/C14H22FN3O2S/c1-17-9-11-18(12-10-17)8-4-7-16-21(19,20)14-6-3-2-5-13(14)15/h2-3,5-6,16H,4,7-12H2,1H3. The number of nitrogens with one attached hydrogen (secondary N) is 1. The average molecular weight is 315 g/mol. The van der Waals surface area contributed by atoms with Crippen molar-refractivity contribution < 1.29 is 12.8 Å². The Labute approximate surface area is 125 Å². The third-order valence-electron chi connectivity index (χ3n) is 3.67. The fraction of sp³-hybridized carbons (Fsp3) is 0.571. The van der Waals surface area contributed by atoms with E-state index in [2.05, 4.69) is 21.6 Å². The van der Waals surface area contributed by atoms with E-state index in [1.807, 2.05) is 0 Å². The van der Waals surface area contributed by atoms with Gasteiger partial charge in [-0.25, -0.2) is 17.5 Å². The molecule has 0 atom stereocenters. The van der Waals surface area contributed by atoms with Gasteiger partial charge in [0, 0.05) is 32.7 Å². The monoisotopic (exact) mass is 315 g/mol. The van der Waals surface area contributed by atoms with Crippen LogP contribution in [0.1, 0.15) is 6.42 Å². The Bertz CT molecular complexity index is 557. The zero-order chi connectivity index (χ0) is 15.3. The summed E-state index contributed by atoms with van der Waals surface area (Å²) in [6, 6.07) is 5.42. The Morgan fingerprint density at radius 1 is 1.19 bits per heavy atom. The number of piperazine rings is 1. The van der Waals surface area contributed by atoms with Crippen molar-refractivity contribution in [3.05, 3.63) is 30.1 Å². The Kier molecular flexibility index (Phi) is 5.69. The summed E-state index contributed by atoms with van der Waals surface area (Å²) in [5.74, 6) is -0.718. The first-order valence-electron chi connectivity index (χ1n) is 7.14. The SMILES string of the molecule is CN1CCN(CCCNS(=O)(=O)c2ccccc2F)CC1. The van der Waals surface area contributed by atoms with Crippen molar-refractivity contribution in [2.75, 3.05) is 46.3 Å². The molecule has 0 aliphatic carbocycles. The maximum atomic E-state index is 13.5. The number of rotatable bonds is 6. The maximum absolute atomic E-state index is 13.5. The largest absolute Gasteiger partial charge is 0.304 e. The van der Waals surface area contributed by atoms with Crippen molar-refractivity contribution in [1.29, 1.82) is 0 Å². The molecule has 5 nitrogen and oxygen atoms in total. The molecule has 1 saturated heterocycles. The number of likely N-dealkylation sites (N-methyl/N-ethyl adjacent to an activating group) is 1. The van der Waals surface area contributed by atoms with Crippen molar-refractivity contribution in [3.63, 3.8) is 0 Å². The summed E-state index contributed by atoms with van der Waals surface area (Å²) in [6.45, 7) is 5.28. The van der Waals surface area contributed by atoms with Crippen molar-refractivity contribution in [3.8, 4) is 0 Å². The van der Waals surface area contributed by atoms with E-state index < -0.39 is 15.8 Å². The van der Waals surface area contributed by atoms with Gasteiger partial charge >= 0.3 is 0 Å².